The van der Waals surface area contributed by atoms with Crippen LogP contribution < -0.4 is 4.90 Å². The van der Waals surface area contributed by atoms with Crippen LogP contribution in [0.15, 0.2) is 67.0 Å². The fraction of sp³-hybridized carbons (Fsp3) is 0.174. The lowest BCUT2D eigenvalue weighted by Crippen LogP contribution is -2.30. The minimum absolute atomic E-state index is 0.0568. The molecule has 0 radical (unpaired) electrons. The average Bonchev–Trinajstić information content (AvgIpc) is 3.15. The van der Waals surface area contributed by atoms with Crippen LogP contribution in [0.1, 0.15) is 34.0 Å². The second-order valence-electron chi connectivity index (χ2n) is 6.77. The summed E-state index contributed by atoms with van der Waals surface area (Å²) in [6.07, 6.45) is 4.50. The molecule has 4 rings (SSSR count). The molecule has 5 heteroatoms. The Balaban J connectivity index is 1.75. The van der Waals surface area contributed by atoms with Gasteiger partial charge >= 0.3 is 0 Å². The van der Waals surface area contributed by atoms with Crippen molar-refractivity contribution < 1.29 is 4.79 Å². The summed E-state index contributed by atoms with van der Waals surface area (Å²) in [6.45, 7) is 4.58. The molecule has 0 aliphatic rings. The first kappa shape index (κ1) is 18.3. The summed E-state index contributed by atoms with van der Waals surface area (Å²) in [7, 11) is 0. The third-order valence-electron chi connectivity index (χ3n) is 4.69. The molecule has 4 aromatic rings. The number of aromatic nitrogens is 2. The van der Waals surface area contributed by atoms with Crippen molar-refractivity contribution in [3.05, 3.63) is 89.2 Å². The van der Waals surface area contributed by atoms with Gasteiger partial charge in [-0.1, -0.05) is 48.1 Å². The van der Waals surface area contributed by atoms with Gasteiger partial charge in [0.1, 0.15) is 0 Å². The zero-order valence-electron chi connectivity index (χ0n) is 15.9. The van der Waals surface area contributed by atoms with E-state index in [4.69, 9.17) is 4.98 Å². The standard InChI is InChI=1S/C23H21N3OS/c1-3-17-8-11-20-21(13-17)28-23(25-20)26(15-18-5-4-12-24-14-18)22(27)19-9-6-16(2)7-10-19/h4-14H,3,15H2,1-2H3. The number of hydrogen-bond acceptors (Lipinski definition) is 4. The van der Waals surface area contributed by atoms with E-state index in [9.17, 15) is 4.79 Å². The molecule has 0 unspecified atom stereocenters. The largest absolute Gasteiger partial charge is 0.279 e. The molecule has 0 saturated carbocycles. The summed E-state index contributed by atoms with van der Waals surface area (Å²) in [6, 6.07) is 17.8. The first-order chi connectivity index (χ1) is 13.6. The maximum atomic E-state index is 13.3. The van der Waals surface area contributed by atoms with E-state index in [1.165, 1.54) is 5.56 Å². The highest BCUT2D eigenvalue weighted by molar-refractivity contribution is 7.22. The van der Waals surface area contributed by atoms with Crippen LogP contribution >= 0.6 is 11.3 Å². The first-order valence-corrected chi connectivity index (χ1v) is 10.1. The molecule has 0 aliphatic carbocycles. The second-order valence-corrected chi connectivity index (χ2v) is 7.78. The van der Waals surface area contributed by atoms with E-state index in [0.29, 0.717) is 17.2 Å². The lowest BCUT2D eigenvalue weighted by Gasteiger charge is -2.20. The fourth-order valence-corrected chi connectivity index (χ4v) is 4.07. The highest BCUT2D eigenvalue weighted by Crippen LogP contribution is 2.31. The van der Waals surface area contributed by atoms with E-state index < -0.39 is 0 Å². The van der Waals surface area contributed by atoms with Gasteiger partial charge in [-0.15, -0.1) is 0 Å². The van der Waals surface area contributed by atoms with Crippen molar-refractivity contribution in [3.8, 4) is 0 Å². The van der Waals surface area contributed by atoms with Crippen molar-refractivity contribution >= 4 is 32.6 Å². The van der Waals surface area contributed by atoms with Crippen LogP contribution in [0.4, 0.5) is 5.13 Å². The maximum absolute atomic E-state index is 13.3. The molecule has 140 valence electrons. The van der Waals surface area contributed by atoms with E-state index in [-0.39, 0.29) is 5.91 Å². The molecule has 0 saturated heterocycles. The number of aryl methyl sites for hydroxylation is 2. The highest BCUT2D eigenvalue weighted by Gasteiger charge is 2.22. The summed E-state index contributed by atoms with van der Waals surface area (Å²) >= 11 is 1.55. The van der Waals surface area contributed by atoms with Gasteiger partial charge < -0.3 is 0 Å². The van der Waals surface area contributed by atoms with Gasteiger partial charge in [0, 0.05) is 18.0 Å². The van der Waals surface area contributed by atoms with Crippen molar-refractivity contribution in [1.82, 2.24) is 9.97 Å². The average molecular weight is 388 g/mol. The summed E-state index contributed by atoms with van der Waals surface area (Å²) in [5.74, 6) is -0.0568. The predicted octanol–water partition coefficient (Wildman–Crippen LogP) is 5.41. The quantitative estimate of drug-likeness (QED) is 0.460. The number of hydrogen-bond donors (Lipinski definition) is 0. The van der Waals surface area contributed by atoms with Gasteiger partial charge in [0.25, 0.3) is 5.91 Å². The normalized spacial score (nSPS) is 10.9. The van der Waals surface area contributed by atoms with Crippen LogP contribution in [0, 0.1) is 6.92 Å². The fourth-order valence-electron chi connectivity index (χ4n) is 3.04. The Labute approximate surface area is 168 Å². The Morgan fingerprint density at radius 1 is 1.07 bits per heavy atom. The molecule has 2 heterocycles. The number of thiazole rings is 1. The van der Waals surface area contributed by atoms with E-state index in [2.05, 4.69) is 24.0 Å². The molecule has 4 nitrogen and oxygen atoms in total. The molecule has 0 fully saturated rings. The number of amides is 1. The van der Waals surface area contributed by atoms with Crippen molar-refractivity contribution in [1.29, 1.82) is 0 Å². The van der Waals surface area contributed by atoms with Crippen LogP contribution in [0.5, 0.6) is 0 Å². The Kier molecular flexibility index (Phi) is 5.17. The molecular weight excluding hydrogens is 366 g/mol. The molecule has 1 amide bonds. The van der Waals surface area contributed by atoms with E-state index in [1.807, 2.05) is 49.4 Å². The molecule has 28 heavy (non-hydrogen) atoms. The Morgan fingerprint density at radius 3 is 2.61 bits per heavy atom. The van der Waals surface area contributed by atoms with Gasteiger partial charge in [0.05, 0.1) is 16.8 Å². The second kappa shape index (κ2) is 7.90. The number of benzene rings is 2. The molecule has 2 aromatic heterocycles. The van der Waals surface area contributed by atoms with Crippen molar-refractivity contribution in [3.63, 3.8) is 0 Å². The van der Waals surface area contributed by atoms with Gasteiger partial charge in [-0.3, -0.25) is 14.7 Å². The lowest BCUT2D eigenvalue weighted by atomic mass is 10.1. The summed E-state index contributed by atoms with van der Waals surface area (Å²) < 4.78 is 1.10. The molecule has 0 N–H and O–H groups in total. The molecule has 0 spiro atoms. The number of pyridine rings is 1. The minimum atomic E-state index is -0.0568. The molecule has 0 aliphatic heterocycles. The van der Waals surface area contributed by atoms with Crippen molar-refractivity contribution in [2.24, 2.45) is 0 Å². The van der Waals surface area contributed by atoms with Crippen LogP contribution in [0.25, 0.3) is 10.2 Å². The third-order valence-corrected chi connectivity index (χ3v) is 5.73. The zero-order valence-corrected chi connectivity index (χ0v) is 16.7. The maximum Gasteiger partial charge on any atom is 0.260 e. The highest BCUT2D eigenvalue weighted by atomic mass is 32.1. The summed E-state index contributed by atoms with van der Waals surface area (Å²) in [5.41, 5.74) is 4.94. The van der Waals surface area contributed by atoms with E-state index >= 15 is 0 Å². The van der Waals surface area contributed by atoms with Gasteiger partial charge in [-0.25, -0.2) is 4.98 Å². The van der Waals surface area contributed by atoms with E-state index in [1.54, 1.807) is 28.6 Å². The van der Waals surface area contributed by atoms with Crippen LogP contribution in [-0.4, -0.2) is 15.9 Å². The van der Waals surface area contributed by atoms with Crippen molar-refractivity contribution in [2.45, 2.75) is 26.8 Å². The third kappa shape index (κ3) is 3.80. The van der Waals surface area contributed by atoms with Crippen molar-refractivity contribution in [2.75, 3.05) is 4.90 Å². The minimum Gasteiger partial charge on any atom is -0.279 e. The Bertz CT molecular complexity index is 1100. The van der Waals surface area contributed by atoms with Crippen LogP contribution in [0.3, 0.4) is 0 Å². The zero-order chi connectivity index (χ0) is 19.5. The number of rotatable bonds is 5. The SMILES string of the molecule is CCc1ccc2nc(N(Cc3cccnc3)C(=O)c3ccc(C)cc3)sc2c1. The molecular formula is C23H21N3OS. The van der Waals surface area contributed by atoms with Gasteiger partial charge in [-0.05, 0) is 54.8 Å². The van der Waals surface area contributed by atoms with E-state index in [0.717, 1.165) is 27.8 Å². The van der Waals surface area contributed by atoms with Gasteiger partial charge in [0.15, 0.2) is 5.13 Å². The smallest absolute Gasteiger partial charge is 0.260 e. The molecule has 0 atom stereocenters. The number of anilines is 1. The topological polar surface area (TPSA) is 46.1 Å². The summed E-state index contributed by atoms with van der Waals surface area (Å²) in [4.78, 5) is 24.0. The van der Waals surface area contributed by atoms with Crippen LogP contribution in [0.2, 0.25) is 0 Å². The Hall–Kier alpha value is -3.05. The monoisotopic (exact) mass is 387 g/mol. The van der Waals surface area contributed by atoms with Crippen LogP contribution in [-0.2, 0) is 13.0 Å². The lowest BCUT2D eigenvalue weighted by molar-refractivity contribution is 0.0985. The first-order valence-electron chi connectivity index (χ1n) is 9.31. The van der Waals surface area contributed by atoms with Gasteiger partial charge in [0.2, 0.25) is 0 Å². The summed E-state index contributed by atoms with van der Waals surface area (Å²) in [5, 5.41) is 0.706. The molecule has 2 aromatic carbocycles. The molecule has 0 bridgehead atoms. The number of carbonyl (C=O) groups is 1. The predicted molar refractivity (Wildman–Crippen MR) is 115 cm³/mol. The number of fused-ring (bicyclic) bond motifs is 1. The number of carbonyl (C=O) groups excluding carboxylic acids is 1. The van der Waals surface area contributed by atoms with Gasteiger partial charge in [-0.2, -0.15) is 0 Å². The Morgan fingerprint density at radius 2 is 1.89 bits per heavy atom. The number of nitrogens with zero attached hydrogens (tertiary/aromatic N) is 3.